The number of nitrogens with one attached hydrogen (secondary N) is 1. The van der Waals surface area contributed by atoms with Crippen molar-refractivity contribution in [1.29, 1.82) is 0 Å². The summed E-state index contributed by atoms with van der Waals surface area (Å²) in [5.74, 6) is 0.335. The van der Waals surface area contributed by atoms with Crippen LogP contribution in [0.2, 0.25) is 0 Å². The molecular weight excluding hydrogens is 448 g/mol. The summed E-state index contributed by atoms with van der Waals surface area (Å²) in [6.45, 7) is 4.75. The number of nitrogens with zero attached hydrogens (tertiary/aromatic N) is 5. The molecule has 2 aromatic carbocycles. The minimum absolute atomic E-state index is 0.0230. The van der Waals surface area contributed by atoms with E-state index < -0.39 is 0 Å². The van der Waals surface area contributed by atoms with E-state index in [1.54, 1.807) is 0 Å². The smallest absolute Gasteiger partial charge is 0.243 e. The average Bonchev–Trinajstić information content (AvgIpc) is 3.23. The van der Waals surface area contributed by atoms with E-state index in [2.05, 4.69) is 53.7 Å². The molecule has 0 unspecified atom stereocenters. The highest BCUT2D eigenvalue weighted by molar-refractivity contribution is 9.10. The quantitative estimate of drug-likeness (QED) is 0.569. The molecule has 0 aliphatic carbocycles. The maximum absolute atomic E-state index is 12.4. The van der Waals surface area contributed by atoms with Gasteiger partial charge in [-0.2, -0.15) is 4.80 Å². The first kappa shape index (κ1) is 20.6. The summed E-state index contributed by atoms with van der Waals surface area (Å²) in [6, 6.07) is 15.8. The number of carbonyl (C=O) groups is 1. The summed E-state index contributed by atoms with van der Waals surface area (Å²) in [4.78, 5) is 16.1. The molecule has 0 atom stereocenters. The lowest BCUT2D eigenvalue weighted by molar-refractivity contribution is -0.122. The van der Waals surface area contributed by atoms with E-state index in [1.807, 2.05) is 36.4 Å². The van der Waals surface area contributed by atoms with Crippen molar-refractivity contribution in [3.8, 4) is 11.4 Å². The van der Waals surface area contributed by atoms with Crippen LogP contribution in [-0.2, 0) is 29.2 Å². The normalized spacial score (nSPS) is 14.6. The fraction of sp³-hybridized carbons (Fsp3) is 0.333. The highest BCUT2D eigenvalue weighted by Gasteiger charge is 2.14. The van der Waals surface area contributed by atoms with Gasteiger partial charge in [0.2, 0.25) is 11.7 Å². The van der Waals surface area contributed by atoms with E-state index in [-0.39, 0.29) is 12.5 Å². The monoisotopic (exact) mass is 470 g/mol. The third-order valence-corrected chi connectivity index (χ3v) is 5.46. The zero-order valence-corrected chi connectivity index (χ0v) is 18.1. The second-order valence-corrected chi connectivity index (χ2v) is 8.00. The van der Waals surface area contributed by atoms with Crippen LogP contribution in [-0.4, -0.2) is 57.3 Å². The molecule has 2 heterocycles. The second kappa shape index (κ2) is 9.92. The van der Waals surface area contributed by atoms with Gasteiger partial charge < -0.3 is 10.1 Å². The van der Waals surface area contributed by atoms with E-state index >= 15 is 0 Å². The lowest BCUT2D eigenvalue weighted by Crippen LogP contribution is -2.36. The molecule has 0 spiro atoms. The first-order valence-electron chi connectivity index (χ1n) is 9.85. The van der Waals surface area contributed by atoms with Gasteiger partial charge in [0.25, 0.3) is 0 Å². The summed E-state index contributed by atoms with van der Waals surface area (Å²) in [5, 5.41) is 15.3. The number of morpholine rings is 1. The highest BCUT2D eigenvalue weighted by atomic mass is 79.9. The predicted octanol–water partition coefficient (Wildman–Crippen LogP) is 2.25. The summed E-state index contributed by atoms with van der Waals surface area (Å²) in [6.07, 6.45) is 0. The standard InChI is InChI=1S/C21H23BrN6O2/c22-19-7-5-16(6-8-19)21-24-26-28(25-21)15-20(29)23-13-17-3-1-2-4-18(17)14-27-9-11-30-12-10-27/h1-8H,9-15H2,(H,23,29). The first-order chi connectivity index (χ1) is 14.7. The van der Waals surface area contributed by atoms with Crippen LogP contribution in [0, 0.1) is 0 Å². The molecule has 30 heavy (non-hydrogen) atoms. The Balaban J connectivity index is 1.32. The van der Waals surface area contributed by atoms with Gasteiger partial charge in [-0.25, -0.2) is 0 Å². The summed E-state index contributed by atoms with van der Waals surface area (Å²) in [5.41, 5.74) is 3.18. The number of rotatable bonds is 7. The van der Waals surface area contributed by atoms with Gasteiger partial charge in [0.1, 0.15) is 6.54 Å². The number of benzene rings is 2. The Kier molecular flexibility index (Phi) is 6.83. The van der Waals surface area contributed by atoms with Crippen molar-refractivity contribution in [3.63, 3.8) is 0 Å². The number of hydrogen-bond acceptors (Lipinski definition) is 6. The van der Waals surface area contributed by atoms with Gasteiger partial charge in [-0.15, -0.1) is 10.2 Å². The molecule has 8 nitrogen and oxygen atoms in total. The third kappa shape index (κ3) is 5.50. The number of ether oxygens (including phenoxy) is 1. The Hall–Kier alpha value is -2.62. The van der Waals surface area contributed by atoms with Crippen LogP contribution in [0.5, 0.6) is 0 Å². The minimum atomic E-state index is -0.157. The van der Waals surface area contributed by atoms with Crippen molar-refractivity contribution < 1.29 is 9.53 Å². The van der Waals surface area contributed by atoms with E-state index in [0.29, 0.717) is 12.4 Å². The Morgan fingerprint density at radius 1 is 1.07 bits per heavy atom. The third-order valence-electron chi connectivity index (χ3n) is 4.93. The van der Waals surface area contributed by atoms with Gasteiger partial charge in [-0.3, -0.25) is 9.69 Å². The molecule has 0 saturated carbocycles. The molecular formula is C21H23BrN6O2. The molecule has 0 radical (unpaired) electrons. The van der Waals surface area contributed by atoms with Gasteiger partial charge in [0.05, 0.1) is 13.2 Å². The van der Waals surface area contributed by atoms with Crippen molar-refractivity contribution in [2.45, 2.75) is 19.6 Å². The maximum Gasteiger partial charge on any atom is 0.243 e. The van der Waals surface area contributed by atoms with Crippen LogP contribution < -0.4 is 5.32 Å². The number of halogens is 1. The molecule has 156 valence electrons. The van der Waals surface area contributed by atoms with Crippen molar-refractivity contribution in [2.75, 3.05) is 26.3 Å². The van der Waals surface area contributed by atoms with Crippen LogP contribution in [0.1, 0.15) is 11.1 Å². The molecule has 1 N–H and O–H groups in total. The summed E-state index contributed by atoms with van der Waals surface area (Å²) in [7, 11) is 0. The molecule has 0 bridgehead atoms. The molecule has 1 saturated heterocycles. The van der Waals surface area contributed by atoms with Gasteiger partial charge in [-0.05, 0) is 40.6 Å². The van der Waals surface area contributed by atoms with Crippen LogP contribution >= 0.6 is 15.9 Å². The lowest BCUT2D eigenvalue weighted by Gasteiger charge is -2.27. The van der Waals surface area contributed by atoms with Gasteiger partial charge in [0.15, 0.2) is 0 Å². The highest BCUT2D eigenvalue weighted by Crippen LogP contribution is 2.17. The second-order valence-electron chi connectivity index (χ2n) is 7.08. The van der Waals surface area contributed by atoms with Crippen LogP contribution in [0.3, 0.4) is 0 Å². The fourth-order valence-corrected chi connectivity index (χ4v) is 3.55. The topological polar surface area (TPSA) is 85.2 Å². The zero-order chi connectivity index (χ0) is 20.8. The molecule has 1 fully saturated rings. The number of tetrazole rings is 1. The minimum Gasteiger partial charge on any atom is -0.379 e. The fourth-order valence-electron chi connectivity index (χ4n) is 3.29. The molecule has 9 heteroatoms. The molecule has 1 aliphatic rings. The van der Waals surface area contributed by atoms with Gasteiger partial charge in [0, 0.05) is 36.2 Å². The van der Waals surface area contributed by atoms with Crippen LogP contribution in [0.25, 0.3) is 11.4 Å². The Labute approximate surface area is 183 Å². The van der Waals surface area contributed by atoms with E-state index in [4.69, 9.17) is 4.74 Å². The molecule has 3 aromatic rings. The summed E-state index contributed by atoms with van der Waals surface area (Å²) >= 11 is 3.40. The maximum atomic E-state index is 12.4. The van der Waals surface area contributed by atoms with Crippen LogP contribution in [0.15, 0.2) is 53.0 Å². The largest absolute Gasteiger partial charge is 0.379 e. The number of aromatic nitrogens is 4. The molecule has 4 rings (SSSR count). The van der Waals surface area contributed by atoms with Gasteiger partial charge in [-0.1, -0.05) is 40.2 Å². The number of hydrogen-bond donors (Lipinski definition) is 1. The van der Waals surface area contributed by atoms with E-state index in [9.17, 15) is 4.79 Å². The Morgan fingerprint density at radius 2 is 1.80 bits per heavy atom. The number of amides is 1. The van der Waals surface area contributed by atoms with Crippen molar-refractivity contribution in [2.24, 2.45) is 0 Å². The molecule has 1 aliphatic heterocycles. The molecule has 1 amide bonds. The van der Waals surface area contributed by atoms with Crippen molar-refractivity contribution >= 4 is 21.8 Å². The van der Waals surface area contributed by atoms with Crippen molar-refractivity contribution in [3.05, 3.63) is 64.1 Å². The van der Waals surface area contributed by atoms with E-state index in [0.717, 1.165) is 48.4 Å². The van der Waals surface area contributed by atoms with Crippen LogP contribution in [0.4, 0.5) is 0 Å². The van der Waals surface area contributed by atoms with Crippen molar-refractivity contribution in [1.82, 2.24) is 30.4 Å². The zero-order valence-electron chi connectivity index (χ0n) is 16.5. The Bertz CT molecular complexity index is 985. The Morgan fingerprint density at radius 3 is 2.57 bits per heavy atom. The average molecular weight is 471 g/mol. The SMILES string of the molecule is O=C(Cn1nnc(-c2ccc(Br)cc2)n1)NCc1ccccc1CN1CCOCC1. The van der Waals surface area contributed by atoms with Gasteiger partial charge >= 0.3 is 0 Å². The summed E-state index contributed by atoms with van der Waals surface area (Å²) < 4.78 is 6.40. The van der Waals surface area contributed by atoms with E-state index in [1.165, 1.54) is 10.4 Å². The lowest BCUT2D eigenvalue weighted by atomic mass is 10.1. The first-order valence-corrected chi connectivity index (χ1v) is 10.6. The molecule has 1 aromatic heterocycles. The number of carbonyl (C=O) groups excluding carboxylic acids is 1. The predicted molar refractivity (Wildman–Crippen MR) is 115 cm³/mol.